The van der Waals surface area contributed by atoms with Crippen molar-refractivity contribution in [1.82, 2.24) is 20.5 Å². The van der Waals surface area contributed by atoms with Crippen molar-refractivity contribution < 1.29 is 23.9 Å². The van der Waals surface area contributed by atoms with Crippen LogP contribution in [0.1, 0.15) is 75.5 Å². The van der Waals surface area contributed by atoms with Crippen LogP contribution in [0.25, 0.3) is 22.3 Å². The molecule has 3 fully saturated rings. The van der Waals surface area contributed by atoms with Crippen LogP contribution in [0.3, 0.4) is 0 Å². The van der Waals surface area contributed by atoms with Crippen molar-refractivity contribution in [3.8, 4) is 17.0 Å². The van der Waals surface area contributed by atoms with Gasteiger partial charge in [0.2, 0.25) is 17.7 Å². The van der Waals surface area contributed by atoms with Crippen LogP contribution in [-0.2, 0) is 20.9 Å². The number of benzene rings is 2. The molecule has 11 nitrogen and oxygen atoms in total. The Balaban J connectivity index is 0.857. The van der Waals surface area contributed by atoms with Crippen molar-refractivity contribution in [2.45, 2.75) is 77.4 Å². The van der Waals surface area contributed by atoms with E-state index in [1.165, 1.54) is 19.1 Å². The highest BCUT2D eigenvalue weighted by molar-refractivity contribution is 6.04. The Morgan fingerprint density at radius 1 is 0.807 bits per heavy atom. The minimum atomic E-state index is -0.648. The molecular formula is C46H52N6O5. The highest BCUT2D eigenvalue weighted by Gasteiger charge is 2.52. The van der Waals surface area contributed by atoms with E-state index >= 15 is 0 Å². The van der Waals surface area contributed by atoms with E-state index in [9.17, 15) is 14.4 Å². The lowest BCUT2D eigenvalue weighted by Gasteiger charge is -2.31. The van der Waals surface area contributed by atoms with Gasteiger partial charge in [-0.25, -0.2) is 9.78 Å². The first-order chi connectivity index (χ1) is 27.7. The molecule has 3 amide bonds. The number of pyridine rings is 1. The number of ether oxygens (including phenoxy) is 2. The Labute approximate surface area is 334 Å². The monoisotopic (exact) mass is 768 g/mol. The normalized spacial score (nSPS) is 24.2. The second-order valence-corrected chi connectivity index (χ2v) is 16.4. The molecule has 296 valence electrons. The number of nitrogens with one attached hydrogen (secondary N) is 2. The number of hydrogen-bond donors (Lipinski definition) is 2. The van der Waals surface area contributed by atoms with Crippen LogP contribution < -0.4 is 15.4 Å². The summed E-state index contributed by atoms with van der Waals surface area (Å²) in [6.45, 7) is 4.95. The van der Waals surface area contributed by atoms with E-state index in [0.717, 1.165) is 76.9 Å². The molecular weight excluding hydrogens is 717 g/mol. The summed E-state index contributed by atoms with van der Waals surface area (Å²) in [6.07, 6.45) is 11.7. The fourth-order valence-corrected chi connectivity index (χ4v) is 9.76. The largest absolute Gasteiger partial charge is 0.481 e. The minimum absolute atomic E-state index is 0.0362. The molecule has 8 rings (SSSR count). The number of carbonyl (C=O) groups is 3. The average Bonchev–Trinajstić information content (AvgIpc) is 4.10. The van der Waals surface area contributed by atoms with Crippen LogP contribution >= 0.6 is 0 Å². The zero-order valence-electron chi connectivity index (χ0n) is 33.2. The number of hydrogen-bond acceptors (Lipinski definition) is 8. The number of aromatic nitrogens is 1. The lowest BCUT2D eigenvalue weighted by atomic mass is 9.75. The summed E-state index contributed by atoms with van der Waals surface area (Å²) in [5.74, 6) is 1.62. The molecule has 11 heteroatoms. The number of aliphatic imine (C=N–C) groups is 2. The predicted molar refractivity (Wildman–Crippen MR) is 221 cm³/mol. The van der Waals surface area contributed by atoms with Gasteiger partial charge >= 0.3 is 6.09 Å². The molecule has 6 atom stereocenters. The van der Waals surface area contributed by atoms with Gasteiger partial charge in [0.25, 0.3) is 0 Å². The number of amides is 3. The third kappa shape index (κ3) is 7.89. The number of allylic oxidation sites excluding steroid dienone is 2. The fourth-order valence-electron chi connectivity index (χ4n) is 9.76. The molecule has 0 radical (unpaired) electrons. The lowest BCUT2D eigenvalue weighted by Crippen LogP contribution is -2.53. The SMILES string of the molecule is COC(=O)N[C@H](C(=O)N1CCC[C@H]1C1=NC=C(c2ccc(-c3ccc(C4=CN=C(C5C6CCC(C6)[C@H]5C(=O)NCc5ccc(OC)nc5)C4)cc3)cc2)C1)C(C)C. The smallest absolute Gasteiger partial charge is 0.407 e. The van der Waals surface area contributed by atoms with Gasteiger partial charge in [-0.2, -0.15) is 0 Å². The summed E-state index contributed by atoms with van der Waals surface area (Å²) in [5, 5.41) is 5.93. The Kier molecular flexibility index (Phi) is 11.1. The van der Waals surface area contributed by atoms with Crippen molar-refractivity contribution in [3.63, 3.8) is 0 Å². The Morgan fingerprint density at radius 2 is 1.44 bits per heavy atom. The Bertz CT molecular complexity index is 2120. The summed E-state index contributed by atoms with van der Waals surface area (Å²) in [4.78, 5) is 55.1. The molecule has 3 aliphatic heterocycles. The van der Waals surface area contributed by atoms with Crippen molar-refractivity contribution in [3.05, 3.63) is 96.0 Å². The van der Waals surface area contributed by atoms with E-state index < -0.39 is 12.1 Å². The molecule has 0 spiro atoms. The van der Waals surface area contributed by atoms with Gasteiger partial charge in [-0.05, 0) is 88.8 Å². The van der Waals surface area contributed by atoms with Gasteiger partial charge in [0.05, 0.1) is 20.3 Å². The molecule has 1 aromatic heterocycles. The van der Waals surface area contributed by atoms with Crippen LogP contribution in [-0.4, -0.2) is 72.1 Å². The second-order valence-electron chi connectivity index (χ2n) is 16.4. The Morgan fingerprint density at radius 3 is 2.05 bits per heavy atom. The zero-order valence-corrected chi connectivity index (χ0v) is 33.2. The van der Waals surface area contributed by atoms with Gasteiger partial charge in [0.1, 0.15) is 6.04 Å². The number of rotatable bonds is 12. The maximum atomic E-state index is 13.6. The fraction of sp³-hybridized carbons (Fsp3) is 0.435. The number of alkyl carbamates (subject to hydrolysis) is 1. The topological polar surface area (TPSA) is 135 Å². The van der Waals surface area contributed by atoms with E-state index in [2.05, 4.69) is 64.1 Å². The number of likely N-dealkylation sites (tertiary alicyclic amines) is 1. The van der Waals surface area contributed by atoms with Crippen molar-refractivity contribution in [2.24, 2.45) is 39.6 Å². The number of nitrogens with zero attached hydrogens (tertiary/aromatic N) is 4. The quantitative estimate of drug-likeness (QED) is 0.196. The standard InChI is InChI=1S/C46H52N6O5/c1-27(2)43(51-46(55)57-4)45(54)52-19-5-6-39(52)37-21-35(25-47-37)31-12-8-29(9-13-31)30-10-14-32(15-11-30)36-22-38(48-26-36)41-33-16-17-34(20-33)42(41)44(53)50-24-28-7-18-40(56-3)49-23-28/h7-15,18,23,25-27,33-34,39,41-43H,5-6,16-17,19-22,24H2,1-4H3,(H,50,53)(H,51,55)/t33?,34?,39-,41?,42+,43-/m0/s1. The van der Waals surface area contributed by atoms with Crippen LogP contribution in [0, 0.1) is 29.6 Å². The molecule has 4 heterocycles. The molecule has 2 bridgehead atoms. The Hall–Kier alpha value is -5.58. The van der Waals surface area contributed by atoms with Gasteiger partial charge in [-0.1, -0.05) is 68.4 Å². The van der Waals surface area contributed by atoms with E-state index in [1.807, 2.05) is 43.3 Å². The molecule has 2 N–H and O–H groups in total. The van der Waals surface area contributed by atoms with Gasteiger partial charge < -0.3 is 25.0 Å². The van der Waals surface area contributed by atoms with Gasteiger partial charge in [-0.15, -0.1) is 0 Å². The van der Waals surface area contributed by atoms with Crippen LogP contribution in [0.2, 0.25) is 0 Å². The van der Waals surface area contributed by atoms with E-state index in [4.69, 9.17) is 19.5 Å². The minimum Gasteiger partial charge on any atom is -0.481 e. The highest BCUT2D eigenvalue weighted by Crippen LogP contribution is 2.54. The maximum absolute atomic E-state index is 13.6. The molecule has 3 aromatic rings. The number of fused-ring (bicyclic) bond motifs is 2. The third-order valence-electron chi connectivity index (χ3n) is 12.7. The first-order valence-corrected chi connectivity index (χ1v) is 20.3. The van der Waals surface area contributed by atoms with E-state index in [0.29, 0.717) is 37.2 Å². The molecule has 57 heavy (non-hydrogen) atoms. The summed E-state index contributed by atoms with van der Waals surface area (Å²) in [6, 6.07) is 20.3. The maximum Gasteiger partial charge on any atom is 0.407 e. The van der Waals surface area contributed by atoms with Gasteiger partial charge in [0, 0.05) is 73.9 Å². The lowest BCUT2D eigenvalue weighted by molar-refractivity contribution is -0.134. The van der Waals surface area contributed by atoms with E-state index in [1.54, 1.807) is 13.3 Å². The third-order valence-corrected chi connectivity index (χ3v) is 12.7. The van der Waals surface area contributed by atoms with Gasteiger partial charge in [-0.3, -0.25) is 19.6 Å². The molecule has 5 aliphatic rings. The molecule has 2 saturated carbocycles. The summed E-state index contributed by atoms with van der Waals surface area (Å²) < 4.78 is 9.95. The summed E-state index contributed by atoms with van der Waals surface area (Å²) in [5.41, 5.74) is 9.97. The number of carbonyl (C=O) groups excluding carboxylic acids is 3. The predicted octanol–water partition coefficient (Wildman–Crippen LogP) is 7.48. The highest BCUT2D eigenvalue weighted by atomic mass is 16.5. The molecule has 2 aromatic carbocycles. The second kappa shape index (κ2) is 16.5. The number of methoxy groups -OCH3 is 2. The van der Waals surface area contributed by atoms with Crippen molar-refractivity contribution >= 4 is 40.5 Å². The molecule has 1 saturated heterocycles. The molecule has 3 unspecified atom stereocenters. The van der Waals surface area contributed by atoms with Crippen molar-refractivity contribution in [2.75, 3.05) is 20.8 Å². The first-order valence-electron chi connectivity index (χ1n) is 20.3. The van der Waals surface area contributed by atoms with Crippen molar-refractivity contribution in [1.29, 1.82) is 0 Å². The van der Waals surface area contributed by atoms with E-state index in [-0.39, 0.29) is 35.6 Å². The van der Waals surface area contributed by atoms with Crippen LogP contribution in [0.5, 0.6) is 5.88 Å². The average molecular weight is 769 g/mol. The van der Waals surface area contributed by atoms with Crippen LogP contribution in [0.4, 0.5) is 4.79 Å². The van der Waals surface area contributed by atoms with Gasteiger partial charge in [0.15, 0.2) is 0 Å². The summed E-state index contributed by atoms with van der Waals surface area (Å²) >= 11 is 0. The molecule has 2 aliphatic carbocycles. The summed E-state index contributed by atoms with van der Waals surface area (Å²) in [7, 11) is 2.90. The van der Waals surface area contributed by atoms with Crippen LogP contribution in [0.15, 0.2) is 89.2 Å². The zero-order chi connectivity index (χ0) is 39.6. The first kappa shape index (κ1) is 38.3.